The van der Waals surface area contributed by atoms with Gasteiger partial charge < -0.3 is 9.80 Å². The lowest BCUT2D eigenvalue weighted by Gasteiger charge is -2.35. The average molecular weight is 456 g/mol. The molecule has 4 rings (SSSR count). The van der Waals surface area contributed by atoms with Crippen LogP contribution in [-0.4, -0.2) is 51.5 Å². The molecule has 7 nitrogen and oxygen atoms in total. The van der Waals surface area contributed by atoms with Crippen LogP contribution in [0, 0.1) is 0 Å². The lowest BCUT2D eigenvalue weighted by molar-refractivity contribution is -0.131. The third kappa shape index (κ3) is 4.48. The number of hydrogen-bond donors (Lipinski definition) is 0. The van der Waals surface area contributed by atoms with Gasteiger partial charge in [-0.25, -0.2) is 9.97 Å². The molecule has 0 atom stereocenters. The Morgan fingerprint density at radius 1 is 1.03 bits per heavy atom. The van der Waals surface area contributed by atoms with Crippen LogP contribution in [0.15, 0.2) is 58.2 Å². The van der Waals surface area contributed by atoms with Crippen LogP contribution in [0.1, 0.15) is 12.8 Å². The van der Waals surface area contributed by atoms with E-state index in [1.165, 1.54) is 0 Å². The van der Waals surface area contributed by atoms with Crippen molar-refractivity contribution in [1.29, 1.82) is 0 Å². The molecule has 1 fully saturated rings. The van der Waals surface area contributed by atoms with Crippen LogP contribution in [0.2, 0.25) is 0 Å². The summed E-state index contributed by atoms with van der Waals surface area (Å²) in [5.74, 6) is 1.07. The van der Waals surface area contributed by atoms with E-state index in [2.05, 4.69) is 30.8 Å². The molecule has 0 N–H and O–H groups in total. The molecule has 0 aliphatic carbocycles. The van der Waals surface area contributed by atoms with Crippen molar-refractivity contribution >= 4 is 38.6 Å². The number of benzene rings is 1. The van der Waals surface area contributed by atoms with E-state index in [0.717, 1.165) is 23.4 Å². The fraction of sp³-hybridized carbons (Fsp3) is 0.333. The number of amides is 1. The minimum atomic E-state index is -0.0568. The Labute approximate surface area is 177 Å². The summed E-state index contributed by atoms with van der Waals surface area (Å²) in [5, 5.41) is 0.610. The zero-order chi connectivity index (χ0) is 20.2. The number of halogens is 1. The van der Waals surface area contributed by atoms with E-state index in [1.54, 1.807) is 23.2 Å². The fourth-order valence-electron chi connectivity index (χ4n) is 3.56. The Balaban J connectivity index is 1.28. The number of nitrogens with zero attached hydrogens (tertiary/aromatic N) is 5. The van der Waals surface area contributed by atoms with E-state index >= 15 is 0 Å². The smallest absolute Gasteiger partial charge is 0.261 e. The van der Waals surface area contributed by atoms with Crippen LogP contribution in [0.5, 0.6) is 0 Å². The molecule has 0 unspecified atom stereocenters. The van der Waals surface area contributed by atoms with E-state index < -0.39 is 0 Å². The Kier molecular flexibility index (Phi) is 5.89. The number of anilines is 1. The monoisotopic (exact) mass is 455 g/mol. The molecule has 8 heteroatoms. The van der Waals surface area contributed by atoms with Crippen molar-refractivity contribution < 1.29 is 4.79 Å². The Bertz CT molecular complexity index is 1060. The zero-order valence-electron chi connectivity index (χ0n) is 16.0. The number of para-hydroxylation sites is 1. The first-order valence-corrected chi connectivity index (χ1v) is 10.5. The van der Waals surface area contributed by atoms with Crippen LogP contribution < -0.4 is 10.5 Å². The van der Waals surface area contributed by atoms with Gasteiger partial charge in [-0.1, -0.05) is 12.1 Å². The molecular formula is C21H22BrN5O2. The maximum absolute atomic E-state index is 12.6. The van der Waals surface area contributed by atoms with Gasteiger partial charge in [-0.2, -0.15) is 0 Å². The van der Waals surface area contributed by atoms with Crippen molar-refractivity contribution in [1.82, 2.24) is 19.4 Å². The first kappa shape index (κ1) is 19.6. The minimum Gasteiger partial charge on any atom is -0.353 e. The van der Waals surface area contributed by atoms with E-state index in [1.807, 2.05) is 35.2 Å². The second-order valence-electron chi connectivity index (χ2n) is 7.07. The predicted octanol–water partition coefficient (Wildman–Crippen LogP) is 2.68. The summed E-state index contributed by atoms with van der Waals surface area (Å²) in [5.41, 5.74) is 0.640. The molecule has 1 aliphatic heterocycles. The van der Waals surface area contributed by atoms with Gasteiger partial charge in [0.2, 0.25) is 5.91 Å². The van der Waals surface area contributed by atoms with Gasteiger partial charge in [0.1, 0.15) is 5.82 Å². The summed E-state index contributed by atoms with van der Waals surface area (Å²) < 4.78 is 2.54. The van der Waals surface area contributed by atoms with Crippen molar-refractivity contribution in [3.8, 4) is 0 Å². The van der Waals surface area contributed by atoms with Gasteiger partial charge in [0.15, 0.2) is 0 Å². The Morgan fingerprint density at radius 3 is 2.59 bits per heavy atom. The Morgan fingerprint density at radius 2 is 1.83 bits per heavy atom. The lowest BCUT2D eigenvalue weighted by Crippen LogP contribution is -2.49. The first-order valence-electron chi connectivity index (χ1n) is 9.70. The lowest BCUT2D eigenvalue weighted by atomic mass is 10.2. The molecule has 0 bridgehead atoms. The highest BCUT2D eigenvalue weighted by atomic mass is 79.9. The summed E-state index contributed by atoms with van der Waals surface area (Å²) in [6.45, 7) is 3.41. The summed E-state index contributed by atoms with van der Waals surface area (Å²) in [4.78, 5) is 37.9. The highest BCUT2D eigenvalue weighted by Gasteiger charge is 2.21. The topological polar surface area (TPSA) is 71.3 Å². The average Bonchev–Trinajstić information content (AvgIpc) is 2.76. The highest BCUT2D eigenvalue weighted by molar-refractivity contribution is 9.10. The maximum Gasteiger partial charge on any atom is 0.261 e. The number of carbonyl (C=O) groups excluding carboxylic acids is 1. The predicted molar refractivity (Wildman–Crippen MR) is 116 cm³/mol. The molecule has 1 saturated heterocycles. The van der Waals surface area contributed by atoms with Crippen molar-refractivity contribution in [2.45, 2.75) is 19.4 Å². The molecule has 29 heavy (non-hydrogen) atoms. The first-order chi connectivity index (χ1) is 14.1. The summed E-state index contributed by atoms with van der Waals surface area (Å²) >= 11 is 3.40. The molecule has 150 valence electrons. The molecule has 0 spiro atoms. The number of carbonyl (C=O) groups is 1. The zero-order valence-corrected chi connectivity index (χ0v) is 17.6. The number of rotatable bonds is 5. The number of pyridine rings is 1. The van der Waals surface area contributed by atoms with Crippen molar-refractivity contribution in [3.05, 3.63) is 63.7 Å². The number of aryl methyl sites for hydroxylation is 1. The molecule has 3 aromatic rings. The van der Waals surface area contributed by atoms with Gasteiger partial charge in [0.25, 0.3) is 5.56 Å². The molecule has 3 heterocycles. The quantitative estimate of drug-likeness (QED) is 0.591. The largest absolute Gasteiger partial charge is 0.353 e. The second kappa shape index (κ2) is 8.73. The van der Waals surface area contributed by atoms with Gasteiger partial charge in [0.05, 0.1) is 17.2 Å². The van der Waals surface area contributed by atoms with Gasteiger partial charge in [0, 0.05) is 49.8 Å². The summed E-state index contributed by atoms with van der Waals surface area (Å²) in [6.07, 6.45) is 4.40. The van der Waals surface area contributed by atoms with Crippen LogP contribution in [0.3, 0.4) is 0 Å². The van der Waals surface area contributed by atoms with E-state index in [4.69, 9.17) is 0 Å². The van der Waals surface area contributed by atoms with Crippen molar-refractivity contribution in [3.63, 3.8) is 0 Å². The van der Waals surface area contributed by atoms with Gasteiger partial charge >= 0.3 is 0 Å². The van der Waals surface area contributed by atoms with Crippen molar-refractivity contribution in [2.24, 2.45) is 0 Å². The van der Waals surface area contributed by atoms with E-state index in [9.17, 15) is 9.59 Å². The molecule has 1 aliphatic rings. The molecule has 0 saturated carbocycles. The van der Waals surface area contributed by atoms with Crippen LogP contribution in [0.25, 0.3) is 10.9 Å². The van der Waals surface area contributed by atoms with Gasteiger partial charge in [-0.15, -0.1) is 0 Å². The van der Waals surface area contributed by atoms with Gasteiger partial charge in [-0.05, 0) is 46.6 Å². The highest BCUT2D eigenvalue weighted by Crippen LogP contribution is 2.17. The number of aromatic nitrogens is 3. The molecular weight excluding hydrogens is 434 g/mol. The minimum absolute atomic E-state index is 0.0568. The molecule has 2 aromatic heterocycles. The van der Waals surface area contributed by atoms with E-state index in [0.29, 0.717) is 43.4 Å². The number of fused-ring (bicyclic) bond motifs is 1. The normalized spacial score (nSPS) is 14.4. The number of hydrogen-bond acceptors (Lipinski definition) is 5. The SMILES string of the molecule is O=C(CCCn1cnc2ccccc2c1=O)N1CCN(c2ccc(Br)cn2)CC1. The van der Waals surface area contributed by atoms with E-state index in [-0.39, 0.29) is 11.5 Å². The van der Waals surface area contributed by atoms with Crippen LogP contribution >= 0.6 is 15.9 Å². The summed E-state index contributed by atoms with van der Waals surface area (Å²) in [7, 11) is 0. The maximum atomic E-state index is 12.6. The standard InChI is InChI=1S/C21H22BrN5O2/c22-16-7-8-19(23-14-16)25-10-12-26(13-11-25)20(28)6-3-9-27-15-24-18-5-2-1-4-17(18)21(27)29/h1-2,4-5,7-8,14-15H,3,6,9-13H2. The van der Waals surface area contributed by atoms with Crippen molar-refractivity contribution in [2.75, 3.05) is 31.1 Å². The third-order valence-electron chi connectivity index (χ3n) is 5.19. The fourth-order valence-corrected chi connectivity index (χ4v) is 3.80. The molecule has 0 radical (unpaired) electrons. The molecule has 1 aromatic carbocycles. The molecule has 1 amide bonds. The number of piperazine rings is 1. The summed E-state index contributed by atoms with van der Waals surface area (Å²) in [6, 6.07) is 11.3. The second-order valence-corrected chi connectivity index (χ2v) is 7.98. The van der Waals surface area contributed by atoms with Gasteiger partial charge in [-0.3, -0.25) is 14.2 Å². The third-order valence-corrected chi connectivity index (χ3v) is 5.66. The van der Waals surface area contributed by atoms with Crippen LogP contribution in [0.4, 0.5) is 5.82 Å². The van der Waals surface area contributed by atoms with Crippen LogP contribution in [-0.2, 0) is 11.3 Å². The Hall–Kier alpha value is -2.74.